The minimum Gasteiger partial charge on any atom is -0.508 e. The Hall–Kier alpha value is -3.27. The lowest BCUT2D eigenvalue weighted by Gasteiger charge is -2.30. The Balaban J connectivity index is 2.12. The molecule has 27 heavy (non-hydrogen) atoms. The number of nitrogens with zero attached hydrogens (tertiary/aromatic N) is 1. The smallest absolute Gasteiger partial charge is 0.246 e. The summed E-state index contributed by atoms with van der Waals surface area (Å²) in [5.41, 5.74) is 3.56. The third-order valence-electron chi connectivity index (χ3n) is 5.57. The molecule has 4 heteroatoms. The molecule has 2 N–H and O–H groups in total. The van der Waals surface area contributed by atoms with E-state index in [-0.39, 0.29) is 17.4 Å². The van der Waals surface area contributed by atoms with Gasteiger partial charge < -0.3 is 15.1 Å². The van der Waals surface area contributed by atoms with Crippen molar-refractivity contribution in [2.45, 2.75) is 19.3 Å². The van der Waals surface area contributed by atoms with Crippen molar-refractivity contribution in [2.24, 2.45) is 0 Å². The van der Waals surface area contributed by atoms with E-state index >= 15 is 0 Å². The maximum atomic E-state index is 13.7. The fraction of sp³-hybridized carbons (Fsp3) is 0.174. The van der Waals surface area contributed by atoms with E-state index in [1.807, 2.05) is 56.3 Å². The summed E-state index contributed by atoms with van der Waals surface area (Å²) in [4.78, 5) is 15.3. The van der Waals surface area contributed by atoms with Gasteiger partial charge in [-0.15, -0.1) is 0 Å². The first-order valence-corrected chi connectivity index (χ1v) is 8.85. The summed E-state index contributed by atoms with van der Waals surface area (Å²) in [6.45, 7) is 3.64. The van der Waals surface area contributed by atoms with E-state index in [0.29, 0.717) is 11.1 Å². The molecule has 0 fully saturated rings. The van der Waals surface area contributed by atoms with Crippen LogP contribution in [0.5, 0.6) is 11.5 Å². The third kappa shape index (κ3) is 2.26. The van der Waals surface area contributed by atoms with Crippen molar-refractivity contribution in [3.8, 4) is 11.5 Å². The van der Waals surface area contributed by atoms with Gasteiger partial charge >= 0.3 is 0 Å². The van der Waals surface area contributed by atoms with E-state index in [1.54, 1.807) is 30.1 Å². The molecule has 1 atom stereocenters. The molecule has 0 saturated heterocycles. The number of benzene rings is 3. The fourth-order valence-corrected chi connectivity index (χ4v) is 4.02. The highest BCUT2D eigenvalue weighted by atomic mass is 16.3. The Labute approximate surface area is 158 Å². The maximum absolute atomic E-state index is 13.7. The average molecular weight is 359 g/mol. The lowest BCUT2D eigenvalue weighted by molar-refractivity contribution is -0.120. The Kier molecular flexibility index (Phi) is 3.74. The van der Waals surface area contributed by atoms with E-state index < -0.39 is 5.41 Å². The van der Waals surface area contributed by atoms with Crippen molar-refractivity contribution in [3.63, 3.8) is 0 Å². The number of fused-ring (bicyclic) bond motifs is 1. The van der Waals surface area contributed by atoms with Crippen molar-refractivity contribution >= 4 is 11.6 Å². The number of carbonyl (C=O) groups is 1. The zero-order valence-electron chi connectivity index (χ0n) is 15.5. The summed E-state index contributed by atoms with van der Waals surface area (Å²) in [6.07, 6.45) is 0. The number of hydrogen-bond donors (Lipinski definition) is 2. The van der Waals surface area contributed by atoms with Gasteiger partial charge in [-0.25, -0.2) is 0 Å². The molecule has 0 spiro atoms. The van der Waals surface area contributed by atoms with Crippen LogP contribution in [0.15, 0.2) is 60.7 Å². The van der Waals surface area contributed by atoms with Gasteiger partial charge in [-0.1, -0.05) is 42.5 Å². The van der Waals surface area contributed by atoms with E-state index in [0.717, 1.165) is 22.4 Å². The number of phenolic OH excluding ortho intramolecular Hbond substituents is 2. The highest BCUT2D eigenvalue weighted by molar-refractivity contribution is 6.12. The Bertz CT molecular complexity index is 1020. The van der Waals surface area contributed by atoms with Crippen LogP contribution in [0.4, 0.5) is 5.69 Å². The first-order chi connectivity index (χ1) is 12.9. The Morgan fingerprint density at radius 1 is 0.815 bits per heavy atom. The molecule has 0 unspecified atom stereocenters. The summed E-state index contributed by atoms with van der Waals surface area (Å²) in [5.74, 6) is 0.256. The number of hydrogen-bond acceptors (Lipinski definition) is 3. The number of likely N-dealkylation sites (N-methyl/N-ethyl adjacent to an activating group) is 1. The number of anilines is 1. The highest BCUT2D eigenvalue weighted by Crippen LogP contribution is 2.50. The second-order valence-electron chi connectivity index (χ2n) is 7.13. The number of rotatable bonds is 2. The zero-order valence-corrected chi connectivity index (χ0v) is 15.5. The molecule has 0 bridgehead atoms. The summed E-state index contributed by atoms with van der Waals surface area (Å²) >= 11 is 0. The Morgan fingerprint density at radius 3 is 2.19 bits per heavy atom. The first-order valence-electron chi connectivity index (χ1n) is 8.85. The normalized spacial score (nSPS) is 18.6. The second-order valence-corrected chi connectivity index (χ2v) is 7.13. The van der Waals surface area contributed by atoms with Crippen LogP contribution in [0.1, 0.15) is 27.8 Å². The Morgan fingerprint density at radius 2 is 1.48 bits per heavy atom. The standard InChI is InChI=1S/C23H21NO3/c1-14-8-9-17(13-21(14)26)23(16-10-11-20(25)15(2)12-16)18-6-4-5-7-19(18)24(3)22(23)27/h4-13,25-26H,1-3H3/t23-/m0/s1. The number of aromatic hydroxyl groups is 2. The predicted molar refractivity (Wildman–Crippen MR) is 105 cm³/mol. The lowest BCUT2D eigenvalue weighted by Crippen LogP contribution is -2.40. The van der Waals surface area contributed by atoms with Crippen LogP contribution in [0, 0.1) is 13.8 Å². The molecule has 1 aliphatic heterocycles. The highest BCUT2D eigenvalue weighted by Gasteiger charge is 2.52. The fourth-order valence-electron chi connectivity index (χ4n) is 4.02. The van der Waals surface area contributed by atoms with Crippen LogP contribution in [-0.4, -0.2) is 23.2 Å². The molecule has 3 aromatic carbocycles. The molecule has 1 amide bonds. The summed E-state index contributed by atoms with van der Waals surface area (Å²) < 4.78 is 0. The van der Waals surface area contributed by atoms with Crippen LogP contribution in [0.3, 0.4) is 0 Å². The van der Waals surface area contributed by atoms with Crippen molar-refractivity contribution in [3.05, 3.63) is 88.5 Å². The SMILES string of the molecule is Cc1cc([C@@]2(c3ccc(C)c(O)c3)C(=O)N(C)c3ccccc32)ccc1O. The van der Waals surface area contributed by atoms with Gasteiger partial charge in [0.25, 0.3) is 0 Å². The zero-order chi connectivity index (χ0) is 19.3. The predicted octanol–water partition coefficient (Wildman–Crippen LogP) is 4.03. The van der Waals surface area contributed by atoms with E-state index in [1.165, 1.54) is 0 Å². The summed E-state index contributed by atoms with van der Waals surface area (Å²) in [6, 6.07) is 18.4. The molecule has 1 heterocycles. The molecule has 3 aromatic rings. The molecule has 4 rings (SSSR count). The molecular weight excluding hydrogens is 338 g/mol. The molecule has 136 valence electrons. The van der Waals surface area contributed by atoms with Crippen LogP contribution >= 0.6 is 0 Å². The largest absolute Gasteiger partial charge is 0.508 e. The molecule has 1 aliphatic rings. The minimum absolute atomic E-state index is 0.0861. The second kappa shape index (κ2) is 5.88. The van der Waals surface area contributed by atoms with Crippen LogP contribution in [0.2, 0.25) is 0 Å². The molecule has 0 aromatic heterocycles. The van der Waals surface area contributed by atoms with Crippen LogP contribution in [-0.2, 0) is 10.2 Å². The molecule has 0 radical (unpaired) electrons. The number of phenols is 2. The van der Waals surface area contributed by atoms with E-state index in [2.05, 4.69) is 0 Å². The average Bonchev–Trinajstić information content (AvgIpc) is 2.89. The van der Waals surface area contributed by atoms with Gasteiger partial charge in [-0.05, 0) is 54.3 Å². The van der Waals surface area contributed by atoms with Crippen molar-refractivity contribution in [1.82, 2.24) is 0 Å². The van der Waals surface area contributed by atoms with Crippen molar-refractivity contribution < 1.29 is 15.0 Å². The van der Waals surface area contributed by atoms with E-state index in [4.69, 9.17) is 0 Å². The number of para-hydroxylation sites is 1. The first kappa shape index (κ1) is 17.2. The topological polar surface area (TPSA) is 60.8 Å². The number of aryl methyl sites for hydroxylation is 2. The van der Waals surface area contributed by atoms with E-state index in [9.17, 15) is 15.0 Å². The van der Waals surface area contributed by atoms with Crippen LogP contribution < -0.4 is 4.90 Å². The van der Waals surface area contributed by atoms with Gasteiger partial charge in [-0.3, -0.25) is 4.79 Å². The van der Waals surface area contributed by atoms with Crippen LogP contribution in [0.25, 0.3) is 0 Å². The van der Waals surface area contributed by atoms with Crippen molar-refractivity contribution in [2.75, 3.05) is 11.9 Å². The monoisotopic (exact) mass is 359 g/mol. The van der Waals surface area contributed by atoms with Gasteiger partial charge in [-0.2, -0.15) is 0 Å². The number of carbonyl (C=O) groups excluding carboxylic acids is 1. The quantitative estimate of drug-likeness (QED) is 0.726. The lowest BCUT2D eigenvalue weighted by atomic mass is 9.69. The van der Waals surface area contributed by atoms with Gasteiger partial charge in [0.15, 0.2) is 0 Å². The number of amides is 1. The van der Waals surface area contributed by atoms with Gasteiger partial charge in [0.2, 0.25) is 5.91 Å². The summed E-state index contributed by atoms with van der Waals surface area (Å²) in [5, 5.41) is 20.4. The molecule has 0 aliphatic carbocycles. The summed E-state index contributed by atoms with van der Waals surface area (Å²) in [7, 11) is 1.77. The molecule has 4 nitrogen and oxygen atoms in total. The maximum Gasteiger partial charge on any atom is 0.246 e. The van der Waals surface area contributed by atoms with Gasteiger partial charge in [0, 0.05) is 18.3 Å². The van der Waals surface area contributed by atoms with Gasteiger partial charge in [0.05, 0.1) is 0 Å². The third-order valence-corrected chi connectivity index (χ3v) is 5.57. The molecular formula is C23H21NO3. The minimum atomic E-state index is -1.07. The van der Waals surface area contributed by atoms with Gasteiger partial charge in [0.1, 0.15) is 16.9 Å². The van der Waals surface area contributed by atoms with Crippen molar-refractivity contribution in [1.29, 1.82) is 0 Å². The molecule has 0 saturated carbocycles.